The molecular formula is C52H40N2. The Morgan fingerprint density at radius 2 is 0.981 bits per heavy atom. The van der Waals surface area contributed by atoms with Gasteiger partial charge in [0.1, 0.15) is 0 Å². The third-order valence-electron chi connectivity index (χ3n) is 12.6. The summed E-state index contributed by atoms with van der Waals surface area (Å²) in [7, 11) is 0. The topological polar surface area (TPSA) is 8.17 Å². The van der Waals surface area contributed by atoms with Crippen LogP contribution in [0.5, 0.6) is 0 Å². The van der Waals surface area contributed by atoms with Crippen molar-refractivity contribution in [3.8, 4) is 27.9 Å². The second kappa shape index (κ2) is 11.1. The van der Waals surface area contributed by atoms with Gasteiger partial charge in [0.05, 0.1) is 22.4 Å². The minimum absolute atomic E-state index is 0.106. The summed E-state index contributed by atoms with van der Waals surface area (Å²) in [6.07, 6.45) is 0. The van der Waals surface area contributed by atoms with Gasteiger partial charge in [-0.3, -0.25) is 0 Å². The summed E-state index contributed by atoms with van der Waals surface area (Å²) in [5.74, 6) is 0. The molecule has 9 aromatic rings. The SMILES string of the molecule is CC1(C)c2ccccc2-c2ccc(N(c3cccc4c3-c3ccccc3C4(C)C)c3cccc4cc(-n5c6ccccc6c6ccccc65)ccc34)cc21. The maximum atomic E-state index is 2.54. The number of hydrogen-bond acceptors (Lipinski definition) is 1. The van der Waals surface area contributed by atoms with Crippen molar-refractivity contribution in [2.24, 2.45) is 0 Å². The molecule has 1 aromatic heterocycles. The summed E-state index contributed by atoms with van der Waals surface area (Å²) >= 11 is 0. The third kappa shape index (κ3) is 4.17. The van der Waals surface area contributed by atoms with Gasteiger partial charge < -0.3 is 9.47 Å². The van der Waals surface area contributed by atoms with Crippen molar-refractivity contribution in [1.29, 1.82) is 0 Å². The fourth-order valence-corrected chi connectivity index (χ4v) is 9.95. The van der Waals surface area contributed by atoms with E-state index in [1.807, 2.05) is 0 Å². The molecule has 0 saturated heterocycles. The fourth-order valence-electron chi connectivity index (χ4n) is 9.95. The van der Waals surface area contributed by atoms with Gasteiger partial charge in [-0.1, -0.05) is 149 Å². The molecule has 11 rings (SSSR count). The van der Waals surface area contributed by atoms with Crippen LogP contribution in [0.2, 0.25) is 0 Å². The standard InChI is InChI=1S/C52H40N2/c1-51(2)43-21-10-6-19-41(43)50-44(51)22-14-26-49(50)54(35-28-30-38-37-16-5-9-20-42(37)52(3,4)45(38)32-35)46-25-13-15-33-31-34(27-29-36(33)46)53-47-23-11-7-17-39(47)40-18-8-12-24-48(40)53/h5-32H,1-4H3. The summed E-state index contributed by atoms with van der Waals surface area (Å²) in [6.45, 7) is 9.49. The first-order valence-electron chi connectivity index (χ1n) is 19.1. The van der Waals surface area contributed by atoms with Gasteiger partial charge in [-0.05, 0) is 92.9 Å². The quantitative estimate of drug-likeness (QED) is 0.178. The largest absolute Gasteiger partial charge is 0.309 e. The molecule has 0 bridgehead atoms. The molecule has 0 spiro atoms. The highest BCUT2D eigenvalue weighted by Crippen LogP contribution is 2.56. The maximum absolute atomic E-state index is 2.54. The first kappa shape index (κ1) is 31.2. The van der Waals surface area contributed by atoms with E-state index in [1.165, 1.54) is 94.1 Å². The molecule has 2 aliphatic carbocycles. The average molecular weight is 693 g/mol. The Bertz CT molecular complexity index is 2960. The van der Waals surface area contributed by atoms with Gasteiger partial charge in [0.15, 0.2) is 0 Å². The zero-order chi connectivity index (χ0) is 36.3. The van der Waals surface area contributed by atoms with Gasteiger partial charge in [0.25, 0.3) is 0 Å². The van der Waals surface area contributed by atoms with E-state index < -0.39 is 0 Å². The summed E-state index contributed by atoms with van der Waals surface area (Å²) in [4.78, 5) is 2.54. The van der Waals surface area contributed by atoms with E-state index in [0.29, 0.717) is 0 Å². The van der Waals surface area contributed by atoms with E-state index in [9.17, 15) is 0 Å². The van der Waals surface area contributed by atoms with E-state index >= 15 is 0 Å². The van der Waals surface area contributed by atoms with Crippen LogP contribution in [0.25, 0.3) is 60.5 Å². The van der Waals surface area contributed by atoms with Gasteiger partial charge in [0, 0.05) is 43.9 Å². The van der Waals surface area contributed by atoms with Crippen LogP contribution >= 0.6 is 0 Å². The lowest BCUT2D eigenvalue weighted by Gasteiger charge is -2.31. The monoisotopic (exact) mass is 692 g/mol. The predicted octanol–water partition coefficient (Wildman–Crippen LogP) is 14.0. The highest BCUT2D eigenvalue weighted by molar-refractivity contribution is 6.10. The molecular weight excluding hydrogens is 653 g/mol. The van der Waals surface area contributed by atoms with E-state index in [-0.39, 0.29) is 10.8 Å². The first-order chi connectivity index (χ1) is 26.3. The van der Waals surface area contributed by atoms with Crippen molar-refractivity contribution in [3.05, 3.63) is 192 Å². The normalized spacial score (nSPS) is 14.6. The Balaban J connectivity index is 1.17. The van der Waals surface area contributed by atoms with Gasteiger partial charge in [-0.2, -0.15) is 0 Å². The van der Waals surface area contributed by atoms with Gasteiger partial charge in [0.2, 0.25) is 0 Å². The van der Waals surface area contributed by atoms with E-state index in [2.05, 4.69) is 207 Å². The zero-order valence-electron chi connectivity index (χ0n) is 31.1. The lowest BCUT2D eigenvalue weighted by Crippen LogP contribution is -2.17. The molecule has 0 aliphatic heterocycles. The van der Waals surface area contributed by atoms with E-state index in [4.69, 9.17) is 0 Å². The molecule has 0 unspecified atom stereocenters. The van der Waals surface area contributed by atoms with Crippen LogP contribution in [0.1, 0.15) is 49.9 Å². The minimum Gasteiger partial charge on any atom is -0.309 e. The molecule has 0 radical (unpaired) electrons. The van der Waals surface area contributed by atoms with Crippen molar-refractivity contribution in [1.82, 2.24) is 4.57 Å². The molecule has 2 aliphatic rings. The Hall–Kier alpha value is -6.38. The summed E-state index contributed by atoms with van der Waals surface area (Å²) in [5, 5.41) is 4.97. The molecule has 54 heavy (non-hydrogen) atoms. The van der Waals surface area contributed by atoms with E-state index in [1.54, 1.807) is 0 Å². The number of nitrogens with zero attached hydrogens (tertiary/aromatic N) is 2. The fraction of sp³-hybridized carbons (Fsp3) is 0.115. The van der Waals surface area contributed by atoms with Crippen LogP contribution in [0, 0.1) is 0 Å². The van der Waals surface area contributed by atoms with Crippen molar-refractivity contribution in [2.45, 2.75) is 38.5 Å². The van der Waals surface area contributed by atoms with Crippen molar-refractivity contribution < 1.29 is 0 Å². The lowest BCUT2D eigenvalue weighted by molar-refractivity contribution is 0.660. The number of fused-ring (bicyclic) bond motifs is 10. The lowest BCUT2D eigenvalue weighted by atomic mass is 9.82. The third-order valence-corrected chi connectivity index (χ3v) is 12.6. The van der Waals surface area contributed by atoms with Crippen LogP contribution in [-0.2, 0) is 10.8 Å². The zero-order valence-corrected chi connectivity index (χ0v) is 31.1. The van der Waals surface area contributed by atoms with E-state index in [0.717, 1.165) is 5.69 Å². The number of aromatic nitrogens is 1. The number of para-hydroxylation sites is 2. The van der Waals surface area contributed by atoms with Crippen LogP contribution in [0.3, 0.4) is 0 Å². The Morgan fingerprint density at radius 1 is 0.407 bits per heavy atom. The van der Waals surface area contributed by atoms with Gasteiger partial charge in [-0.25, -0.2) is 0 Å². The molecule has 0 N–H and O–H groups in total. The summed E-state index contributed by atoms with van der Waals surface area (Å²) in [5.41, 5.74) is 17.8. The second-order valence-corrected chi connectivity index (χ2v) is 16.2. The summed E-state index contributed by atoms with van der Waals surface area (Å²) in [6, 6.07) is 63.3. The molecule has 2 nitrogen and oxygen atoms in total. The van der Waals surface area contributed by atoms with Crippen LogP contribution in [-0.4, -0.2) is 4.57 Å². The molecule has 258 valence electrons. The van der Waals surface area contributed by atoms with Crippen molar-refractivity contribution in [2.75, 3.05) is 4.90 Å². The van der Waals surface area contributed by atoms with Crippen molar-refractivity contribution >= 4 is 49.6 Å². The molecule has 0 atom stereocenters. The molecule has 0 fully saturated rings. The average Bonchev–Trinajstić information content (AvgIpc) is 3.75. The van der Waals surface area contributed by atoms with Gasteiger partial charge >= 0.3 is 0 Å². The van der Waals surface area contributed by atoms with Crippen molar-refractivity contribution in [3.63, 3.8) is 0 Å². The highest BCUT2D eigenvalue weighted by Gasteiger charge is 2.39. The molecule has 1 heterocycles. The van der Waals surface area contributed by atoms with Crippen LogP contribution in [0.4, 0.5) is 17.1 Å². The Morgan fingerprint density at radius 3 is 1.74 bits per heavy atom. The predicted molar refractivity (Wildman–Crippen MR) is 228 cm³/mol. The summed E-state index contributed by atoms with van der Waals surface area (Å²) < 4.78 is 2.41. The molecule has 8 aromatic carbocycles. The number of hydrogen-bond donors (Lipinski definition) is 0. The van der Waals surface area contributed by atoms with Crippen LogP contribution in [0.15, 0.2) is 170 Å². The number of rotatable bonds is 4. The maximum Gasteiger partial charge on any atom is 0.0543 e. The Kier molecular flexibility index (Phi) is 6.39. The number of benzene rings is 8. The molecule has 0 saturated carbocycles. The van der Waals surface area contributed by atoms with Gasteiger partial charge in [-0.15, -0.1) is 0 Å². The highest BCUT2D eigenvalue weighted by atomic mass is 15.1. The second-order valence-electron chi connectivity index (χ2n) is 16.2. The minimum atomic E-state index is -0.114. The van der Waals surface area contributed by atoms with Crippen LogP contribution < -0.4 is 4.90 Å². The smallest absolute Gasteiger partial charge is 0.0543 e. The molecule has 0 amide bonds. The number of anilines is 3. The Labute approximate surface area is 316 Å². The first-order valence-corrected chi connectivity index (χ1v) is 19.1. The molecule has 2 heteroatoms.